The van der Waals surface area contributed by atoms with E-state index in [0.717, 1.165) is 23.4 Å². The van der Waals surface area contributed by atoms with Gasteiger partial charge in [-0.1, -0.05) is 35.9 Å². The fraction of sp³-hybridized carbons (Fsp3) is 0.278. The van der Waals surface area contributed by atoms with Crippen LogP contribution in [0.4, 0.5) is 0 Å². The molecule has 1 aliphatic rings. The van der Waals surface area contributed by atoms with Crippen molar-refractivity contribution in [2.24, 2.45) is 11.8 Å². The summed E-state index contributed by atoms with van der Waals surface area (Å²) in [5.74, 6) is 0.0647. The molecule has 0 N–H and O–H groups in total. The molecule has 0 saturated carbocycles. The number of hydrogen-bond donors (Lipinski definition) is 0. The van der Waals surface area contributed by atoms with Gasteiger partial charge in [-0.3, -0.25) is 4.79 Å². The fourth-order valence-corrected chi connectivity index (χ4v) is 3.47. The number of carbonyl (C=O) groups is 1. The van der Waals surface area contributed by atoms with Crippen molar-refractivity contribution in [1.29, 1.82) is 0 Å². The van der Waals surface area contributed by atoms with Crippen molar-refractivity contribution in [3.63, 3.8) is 0 Å². The monoisotopic (exact) mass is 426 g/mol. The Morgan fingerprint density at radius 1 is 1.09 bits per heavy atom. The van der Waals surface area contributed by atoms with Gasteiger partial charge in [-0.25, -0.2) is 0 Å². The molecule has 0 radical (unpaired) electrons. The van der Waals surface area contributed by atoms with Gasteiger partial charge in [0.2, 0.25) is 0 Å². The number of benzene rings is 2. The number of hydrogen-bond acceptors (Lipinski definition) is 2. The van der Waals surface area contributed by atoms with E-state index in [2.05, 4.69) is 52.9 Å². The summed E-state index contributed by atoms with van der Waals surface area (Å²) in [6.45, 7) is 0.500. The van der Waals surface area contributed by atoms with E-state index in [1.54, 1.807) is 0 Å². The van der Waals surface area contributed by atoms with Crippen LogP contribution in [0.1, 0.15) is 11.1 Å². The summed E-state index contributed by atoms with van der Waals surface area (Å²) in [7, 11) is 0. The average molecular weight is 427 g/mol. The van der Waals surface area contributed by atoms with Crippen molar-refractivity contribution in [2.75, 3.05) is 6.61 Å². The highest BCUT2D eigenvalue weighted by molar-refractivity contribution is 14.1. The lowest BCUT2D eigenvalue weighted by Gasteiger charge is -2.15. The summed E-state index contributed by atoms with van der Waals surface area (Å²) in [4.78, 5) is 12.1. The van der Waals surface area contributed by atoms with Gasteiger partial charge in [-0.05, 0) is 70.8 Å². The summed E-state index contributed by atoms with van der Waals surface area (Å²) >= 11 is 8.32. The van der Waals surface area contributed by atoms with E-state index in [1.807, 2.05) is 18.2 Å². The molecule has 3 rings (SSSR count). The second-order valence-electron chi connectivity index (χ2n) is 5.66. The van der Waals surface area contributed by atoms with Gasteiger partial charge in [0.1, 0.15) is 0 Å². The summed E-state index contributed by atoms with van der Waals surface area (Å²) in [6.07, 6.45) is 1.56. The number of halogens is 2. The Hall–Kier alpha value is -1.07. The van der Waals surface area contributed by atoms with Gasteiger partial charge in [-0.2, -0.15) is 0 Å². The molecule has 0 unspecified atom stereocenters. The minimum atomic E-state index is -0.0782. The maximum atomic E-state index is 12.1. The molecule has 2 aromatic carbocycles. The van der Waals surface area contributed by atoms with Crippen LogP contribution in [0, 0.1) is 15.4 Å². The first-order valence-electron chi connectivity index (χ1n) is 7.27. The molecule has 0 aromatic heterocycles. The zero-order valence-electron chi connectivity index (χ0n) is 12.0. The highest BCUT2D eigenvalue weighted by atomic mass is 127. The molecule has 1 heterocycles. The first-order chi connectivity index (χ1) is 10.6. The Morgan fingerprint density at radius 2 is 1.86 bits per heavy atom. The number of rotatable bonds is 4. The fourth-order valence-electron chi connectivity index (χ4n) is 2.90. The van der Waals surface area contributed by atoms with Gasteiger partial charge in [-0.15, -0.1) is 0 Å². The van der Waals surface area contributed by atoms with E-state index >= 15 is 0 Å². The molecular weight excluding hydrogens is 411 g/mol. The SMILES string of the molecule is O=C1OC[C@H](Cc2cccc(Cl)c2)[C@H]1Cc1ccc(I)cc1. The lowest BCUT2D eigenvalue weighted by atomic mass is 9.85. The molecule has 22 heavy (non-hydrogen) atoms. The second-order valence-corrected chi connectivity index (χ2v) is 7.34. The van der Waals surface area contributed by atoms with Crippen LogP contribution in [-0.4, -0.2) is 12.6 Å². The van der Waals surface area contributed by atoms with Crippen molar-refractivity contribution >= 4 is 40.2 Å². The largest absolute Gasteiger partial charge is 0.465 e. The van der Waals surface area contributed by atoms with E-state index in [-0.39, 0.29) is 17.8 Å². The smallest absolute Gasteiger partial charge is 0.309 e. The van der Waals surface area contributed by atoms with Crippen molar-refractivity contribution < 1.29 is 9.53 Å². The Morgan fingerprint density at radius 3 is 2.59 bits per heavy atom. The molecule has 0 amide bonds. The quantitative estimate of drug-likeness (QED) is 0.531. The predicted octanol–water partition coefficient (Wildman–Crippen LogP) is 4.52. The van der Waals surface area contributed by atoms with Crippen LogP contribution in [0.15, 0.2) is 48.5 Å². The van der Waals surface area contributed by atoms with Crippen LogP contribution >= 0.6 is 34.2 Å². The first kappa shape index (κ1) is 15.8. The van der Waals surface area contributed by atoms with Crippen LogP contribution in [0.25, 0.3) is 0 Å². The van der Waals surface area contributed by atoms with E-state index in [1.165, 1.54) is 9.13 Å². The molecule has 2 nitrogen and oxygen atoms in total. The third-order valence-corrected chi connectivity index (χ3v) is 5.02. The Bertz CT molecular complexity index is 669. The molecule has 1 saturated heterocycles. The molecule has 0 aliphatic carbocycles. The van der Waals surface area contributed by atoms with Crippen LogP contribution in [0.3, 0.4) is 0 Å². The van der Waals surface area contributed by atoms with Crippen LogP contribution in [0.5, 0.6) is 0 Å². The van der Waals surface area contributed by atoms with Crippen LogP contribution < -0.4 is 0 Å². The van der Waals surface area contributed by atoms with Gasteiger partial charge in [0.25, 0.3) is 0 Å². The molecule has 0 spiro atoms. The number of ether oxygens (including phenoxy) is 1. The average Bonchev–Trinajstić information content (AvgIpc) is 2.83. The molecule has 4 heteroatoms. The number of esters is 1. The van der Waals surface area contributed by atoms with Gasteiger partial charge in [0.15, 0.2) is 0 Å². The zero-order valence-corrected chi connectivity index (χ0v) is 14.9. The van der Waals surface area contributed by atoms with E-state index in [0.29, 0.717) is 6.61 Å². The lowest BCUT2D eigenvalue weighted by molar-refractivity contribution is -0.141. The van der Waals surface area contributed by atoms with Crippen molar-refractivity contribution in [3.05, 3.63) is 68.3 Å². The Balaban J connectivity index is 1.73. The van der Waals surface area contributed by atoms with Gasteiger partial charge in [0, 0.05) is 14.5 Å². The molecule has 2 aromatic rings. The zero-order chi connectivity index (χ0) is 15.5. The molecule has 1 fully saturated rings. The van der Waals surface area contributed by atoms with E-state index in [9.17, 15) is 4.79 Å². The third kappa shape index (κ3) is 3.82. The van der Waals surface area contributed by atoms with E-state index in [4.69, 9.17) is 16.3 Å². The predicted molar refractivity (Wildman–Crippen MR) is 96.0 cm³/mol. The van der Waals surface area contributed by atoms with Crippen LogP contribution in [-0.2, 0) is 22.4 Å². The first-order valence-corrected chi connectivity index (χ1v) is 8.73. The standard InChI is InChI=1S/C18H16ClIO2/c19-15-3-1-2-13(9-15)8-14-11-22-18(21)17(14)10-12-4-6-16(20)7-5-12/h1-7,9,14,17H,8,10-11H2/t14-,17+/m0/s1. The molecule has 2 atom stereocenters. The van der Waals surface area contributed by atoms with Gasteiger partial charge in [0.05, 0.1) is 12.5 Å². The molecule has 114 valence electrons. The summed E-state index contributed by atoms with van der Waals surface area (Å²) in [5, 5.41) is 0.733. The molecule has 0 bridgehead atoms. The van der Waals surface area contributed by atoms with Crippen molar-refractivity contribution in [2.45, 2.75) is 12.8 Å². The topological polar surface area (TPSA) is 26.3 Å². The van der Waals surface area contributed by atoms with Gasteiger partial charge < -0.3 is 4.74 Å². The normalized spacial score (nSPS) is 20.9. The lowest BCUT2D eigenvalue weighted by Crippen LogP contribution is -2.20. The van der Waals surface area contributed by atoms with Gasteiger partial charge >= 0.3 is 5.97 Å². The Kier molecular flexibility index (Phi) is 5.03. The minimum Gasteiger partial charge on any atom is -0.465 e. The number of cyclic esters (lactones) is 1. The molecule has 1 aliphatic heterocycles. The third-order valence-electron chi connectivity index (χ3n) is 4.07. The van der Waals surface area contributed by atoms with E-state index < -0.39 is 0 Å². The maximum Gasteiger partial charge on any atom is 0.309 e. The van der Waals surface area contributed by atoms with Crippen LogP contribution in [0.2, 0.25) is 5.02 Å². The highest BCUT2D eigenvalue weighted by Crippen LogP contribution is 2.29. The summed E-state index contributed by atoms with van der Waals surface area (Å²) in [5.41, 5.74) is 2.34. The van der Waals surface area contributed by atoms with Crippen molar-refractivity contribution in [3.8, 4) is 0 Å². The summed E-state index contributed by atoms with van der Waals surface area (Å²) in [6, 6.07) is 16.1. The molecular formula is C18H16ClIO2. The second kappa shape index (κ2) is 7.01. The maximum absolute atomic E-state index is 12.1. The Labute approximate surface area is 149 Å². The number of carbonyl (C=O) groups excluding carboxylic acids is 1. The van der Waals surface area contributed by atoms with Crippen molar-refractivity contribution in [1.82, 2.24) is 0 Å². The summed E-state index contributed by atoms with van der Waals surface area (Å²) < 4.78 is 6.50. The minimum absolute atomic E-state index is 0.0703. The highest BCUT2D eigenvalue weighted by Gasteiger charge is 2.36.